The Morgan fingerprint density at radius 1 is 1.25 bits per heavy atom. The lowest BCUT2D eigenvalue weighted by Crippen LogP contribution is -2.52. The first-order valence-corrected chi connectivity index (χ1v) is 10.1. The molecule has 0 unspecified atom stereocenters. The first-order valence-electron chi connectivity index (χ1n) is 10.1. The number of nitrogens with one attached hydrogen (secondary N) is 2. The number of carbonyl (C=O) groups excluding carboxylic acids is 3. The molecular weight excluding hydrogens is 356 g/mol. The number of carbonyl (C=O) groups is 3. The maximum absolute atomic E-state index is 12.9. The predicted octanol–water partition coefficient (Wildman–Crippen LogP) is 2.14. The molecule has 2 fully saturated rings. The maximum atomic E-state index is 12.9. The molecule has 1 spiro atoms. The van der Waals surface area contributed by atoms with Gasteiger partial charge in [-0.2, -0.15) is 5.01 Å². The summed E-state index contributed by atoms with van der Waals surface area (Å²) in [7, 11) is 1.90. The molecule has 2 N–H and O–H groups in total. The average Bonchev–Trinajstić information content (AvgIpc) is 3.20. The molecule has 1 atom stereocenters. The predicted molar refractivity (Wildman–Crippen MR) is 104 cm³/mol. The van der Waals surface area contributed by atoms with Crippen molar-refractivity contribution >= 4 is 17.8 Å². The highest BCUT2D eigenvalue weighted by atomic mass is 16.2. The average molecular weight is 384 g/mol. The van der Waals surface area contributed by atoms with E-state index >= 15 is 0 Å². The van der Waals surface area contributed by atoms with Gasteiger partial charge in [0.05, 0.1) is 6.54 Å². The molecule has 7 heteroatoms. The summed E-state index contributed by atoms with van der Waals surface area (Å²) >= 11 is 0. The molecule has 1 saturated carbocycles. The first kappa shape index (κ1) is 18.9. The molecule has 4 rings (SSSR count). The van der Waals surface area contributed by atoms with E-state index in [4.69, 9.17) is 0 Å². The van der Waals surface area contributed by atoms with Crippen molar-refractivity contribution in [1.29, 1.82) is 0 Å². The Hall–Kier alpha value is -2.41. The van der Waals surface area contributed by atoms with E-state index in [2.05, 4.69) is 29.8 Å². The molecule has 1 aromatic carbocycles. The lowest BCUT2D eigenvalue weighted by molar-refractivity contribution is -0.140. The number of hydrogen-bond donors (Lipinski definition) is 2. The number of fused-ring (bicyclic) bond motifs is 1. The molecular formula is C21H28N4O3. The van der Waals surface area contributed by atoms with Crippen molar-refractivity contribution < 1.29 is 14.4 Å². The number of nitrogens with zero attached hydrogens (tertiary/aromatic N) is 2. The second-order valence-electron chi connectivity index (χ2n) is 8.54. The summed E-state index contributed by atoms with van der Waals surface area (Å²) in [6.45, 7) is 2.28. The van der Waals surface area contributed by atoms with E-state index in [1.54, 1.807) is 0 Å². The van der Waals surface area contributed by atoms with Gasteiger partial charge in [-0.05, 0) is 62.6 Å². The molecule has 4 amide bonds. The van der Waals surface area contributed by atoms with Crippen LogP contribution in [0.1, 0.15) is 56.2 Å². The monoisotopic (exact) mass is 384 g/mol. The van der Waals surface area contributed by atoms with Crippen LogP contribution in [-0.4, -0.2) is 46.9 Å². The summed E-state index contributed by atoms with van der Waals surface area (Å²) in [4.78, 5) is 39.8. The van der Waals surface area contributed by atoms with Crippen LogP contribution < -0.4 is 10.7 Å². The summed E-state index contributed by atoms with van der Waals surface area (Å²) < 4.78 is 0. The SMILES string of the molecule is CC1CCC2(CC1)NC(=O)N(NC(=O)CN(C)[C@@H]1CCc3ccccc31)C2=O. The van der Waals surface area contributed by atoms with Gasteiger partial charge in [-0.15, -0.1) is 0 Å². The van der Waals surface area contributed by atoms with Gasteiger partial charge in [-0.25, -0.2) is 4.79 Å². The fraction of sp³-hybridized carbons (Fsp3) is 0.571. The Morgan fingerprint density at radius 3 is 2.71 bits per heavy atom. The van der Waals surface area contributed by atoms with Gasteiger partial charge >= 0.3 is 6.03 Å². The molecule has 1 heterocycles. The fourth-order valence-corrected chi connectivity index (χ4v) is 4.80. The molecule has 3 aliphatic rings. The van der Waals surface area contributed by atoms with Gasteiger partial charge in [-0.1, -0.05) is 31.2 Å². The van der Waals surface area contributed by atoms with E-state index in [-0.39, 0.29) is 24.4 Å². The number of amides is 4. The molecule has 7 nitrogen and oxygen atoms in total. The van der Waals surface area contributed by atoms with E-state index < -0.39 is 11.6 Å². The number of aryl methyl sites for hydroxylation is 1. The molecule has 150 valence electrons. The van der Waals surface area contributed by atoms with Gasteiger partial charge in [0.25, 0.3) is 11.8 Å². The highest BCUT2D eigenvalue weighted by Gasteiger charge is 2.52. The Labute approximate surface area is 165 Å². The molecule has 2 aliphatic carbocycles. The molecule has 0 bridgehead atoms. The number of rotatable bonds is 4. The van der Waals surface area contributed by atoms with Crippen molar-refractivity contribution in [2.75, 3.05) is 13.6 Å². The van der Waals surface area contributed by atoms with Gasteiger partial charge in [0.2, 0.25) is 0 Å². The minimum atomic E-state index is -0.840. The third kappa shape index (κ3) is 3.28. The van der Waals surface area contributed by atoms with Crippen LogP contribution in [0, 0.1) is 5.92 Å². The summed E-state index contributed by atoms with van der Waals surface area (Å²) in [5, 5.41) is 3.71. The third-order valence-corrected chi connectivity index (χ3v) is 6.55. The van der Waals surface area contributed by atoms with Crippen molar-refractivity contribution in [1.82, 2.24) is 20.7 Å². The van der Waals surface area contributed by atoms with E-state index in [1.807, 2.05) is 24.1 Å². The van der Waals surface area contributed by atoms with Crippen molar-refractivity contribution in [3.05, 3.63) is 35.4 Å². The lowest BCUT2D eigenvalue weighted by Gasteiger charge is -2.33. The molecule has 28 heavy (non-hydrogen) atoms. The Kier molecular flexibility index (Phi) is 4.87. The van der Waals surface area contributed by atoms with Crippen LogP contribution >= 0.6 is 0 Å². The van der Waals surface area contributed by atoms with Gasteiger partial charge in [-0.3, -0.25) is 19.9 Å². The van der Waals surface area contributed by atoms with Gasteiger partial charge < -0.3 is 5.32 Å². The van der Waals surface area contributed by atoms with Crippen molar-refractivity contribution in [2.24, 2.45) is 5.92 Å². The van der Waals surface area contributed by atoms with Crippen LogP contribution in [0.25, 0.3) is 0 Å². The van der Waals surface area contributed by atoms with E-state index in [1.165, 1.54) is 11.1 Å². The number of imide groups is 1. The highest BCUT2D eigenvalue weighted by molar-refractivity contribution is 6.08. The van der Waals surface area contributed by atoms with Crippen LogP contribution in [0.3, 0.4) is 0 Å². The molecule has 1 aliphatic heterocycles. The summed E-state index contributed by atoms with van der Waals surface area (Å²) in [5.41, 5.74) is 4.27. The Morgan fingerprint density at radius 2 is 1.96 bits per heavy atom. The second kappa shape index (κ2) is 7.20. The zero-order chi connectivity index (χ0) is 19.9. The standard InChI is InChI=1S/C21H28N4O3/c1-14-9-11-21(12-10-14)19(27)25(20(28)22-21)23-18(26)13-24(2)17-8-7-15-5-3-4-6-16(15)17/h3-6,14,17H,7-13H2,1-2H3,(H,22,28)(H,23,26)/t14?,17-,21?/m1/s1. The third-order valence-electron chi connectivity index (χ3n) is 6.55. The van der Waals surface area contributed by atoms with Crippen molar-refractivity contribution in [3.63, 3.8) is 0 Å². The topological polar surface area (TPSA) is 81.8 Å². The normalized spacial score (nSPS) is 29.3. The number of hydrogen-bond acceptors (Lipinski definition) is 4. The summed E-state index contributed by atoms with van der Waals surface area (Å²) in [5.74, 6) is -0.120. The fourth-order valence-electron chi connectivity index (χ4n) is 4.80. The Balaban J connectivity index is 1.37. The largest absolute Gasteiger partial charge is 0.344 e. The Bertz CT molecular complexity index is 801. The lowest BCUT2D eigenvalue weighted by atomic mass is 9.77. The summed E-state index contributed by atoms with van der Waals surface area (Å²) in [6, 6.07) is 7.93. The number of likely N-dealkylation sites (N-methyl/N-ethyl adjacent to an activating group) is 1. The number of benzene rings is 1. The van der Waals surface area contributed by atoms with Crippen molar-refractivity contribution in [2.45, 2.75) is 57.0 Å². The number of urea groups is 1. The quantitative estimate of drug-likeness (QED) is 0.780. The summed E-state index contributed by atoms with van der Waals surface area (Å²) in [6.07, 6.45) is 5.03. The minimum Gasteiger partial charge on any atom is -0.322 e. The van der Waals surface area contributed by atoms with Crippen molar-refractivity contribution in [3.8, 4) is 0 Å². The van der Waals surface area contributed by atoms with Gasteiger partial charge in [0.15, 0.2) is 0 Å². The maximum Gasteiger partial charge on any atom is 0.344 e. The molecule has 0 radical (unpaired) electrons. The van der Waals surface area contributed by atoms with Gasteiger partial charge in [0.1, 0.15) is 5.54 Å². The second-order valence-corrected chi connectivity index (χ2v) is 8.54. The molecule has 0 aromatic heterocycles. The highest BCUT2D eigenvalue weighted by Crippen LogP contribution is 2.36. The minimum absolute atomic E-state index is 0.125. The van der Waals surface area contributed by atoms with Crippen LogP contribution in [0.15, 0.2) is 24.3 Å². The van der Waals surface area contributed by atoms with Gasteiger partial charge in [0, 0.05) is 6.04 Å². The van der Waals surface area contributed by atoms with E-state index in [0.717, 1.165) is 30.7 Å². The van der Waals surface area contributed by atoms with Crippen LogP contribution in [-0.2, 0) is 16.0 Å². The number of hydrazine groups is 1. The van der Waals surface area contributed by atoms with Crippen LogP contribution in [0.2, 0.25) is 0 Å². The molecule has 1 saturated heterocycles. The van der Waals surface area contributed by atoms with Crippen LogP contribution in [0.4, 0.5) is 4.79 Å². The first-order chi connectivity index (χ1) is 13.4. The molecule has 1 aromatic rings. The van der Waals surface area contributed by atoms with Crippen LogP contribution in [0.5, 0.6) is 0 Å². The zero-order valence-electron chi connectivity index (χ0n) is 16.5. The van der Waals surface area contributed by atoms with E-state index in [9.17, 15) is 14.4 Å². The van der Waals surface area contributed by atoms with E-state index in [0.29, 0.717) is 18.8 Å². The smallest absolute Gasteiger partial charge is 0.322 e. The zero-order valence-corrected chi connectivity index (χ0v) is 16.5.